The minimum absolute atomic E-state index is 0.0621. The van der Waals surface area contributed by atoms with Crippen LogP contribution >= 0.6 is 0 Å². The Morgan fingerprint density at radius 3 is 2.65 bits per heavy atom. The van der Waals surface area contributed by atoms with Crippen molar-refractivity contribution in [1.29, 1.82) is 0 Å². The molecule has 0 radical (unpaired) electrons. The van der Waals surface area contributed by atoms with Gasteiger partial charge in [0.25, 0.3) is 0 Å². The van der Waals surface area contributed by atoms with E-state index in [9.17, 15) is 9.90 Å². The molecule has 0 atom stereocenters. The summed E-state index contributed by atoms with van der Waals surface area (Å²) in [5, 5.41) is 10.3. The molecule has 1 aromatic heterocycles. The van der Waals surface area contributed by atoms with E-state index < -0.39 is 5.60 Å². The summed E-state index contributed by atoms with van der Waals surface area (Å²) in [6.07, 6.45) is 6.32. The van der Waals surface area contributed by atoms with Gasteiger partial charge < -0.3 is 14.6 Å². The van der Waals surface area contributed by atoms with Crippen molar-refractivity contribution in [2.24, 2.45) is 0 Å². The van der Waals surface area contributed by atoms with E-state index in [1.54, 1.807) is 18.3 Å². The number of hydrogen-bond acceptors (Lipinski definition) is 3. The van der Waals surface area contributed by atoms with Crippen LogP contribution in [0.15, 0.2) is 6.33 Å². The summed E-state index contributed by atoms with van der Waals surface area (Å²) in [5.74, 6) is 0.0621. The summed E-state index contributed by atoms with van der Waals surface area (Å²) >= 11 is 0. The fourth-order valence-electron chi connectivity index (χ4n) is 2.75. The highest BCUT2D eigenvalue weighted by atomic mass is 16.3. The first kappa shape index (κ1) is 15.0. The van der Waals surface area contributed by atoms with Crippen molar-refractivity contribution in [3.8, 4) is 0 Å². The van der Waals surface area contributed by atoms with E-state index in [0.29, 0.717) is 19.5 Å². The van der Waals surface area contributed by atoms with E-state index >= 15 is 0 Å². The van der Waals surface area contributed by atoms with Crippen molar-refractivity contribution < 1.29 is 9.90 Å². The van der Waals surface area contributed by atoms with Crippen LogP contribution in [-0.2, 0) is 11.3 Å². The van der Waals surface area contributed by atoms with Crippen LogP contribution in [0.2, 0.25) is 0 Å². The maximum Gasteiger partial charge on any atom is 0.242 e. The molecule has 0 aromatic carbocycles. The van der Waals surface area contributed by atoms with Gasteiger partial charge in [-0.2, -0.15) is 0 Å². The van der Waals surface area contributed by atoms with E-state index in [-0.39, 0.29) is 5.91 Å². The number of likely N-dealkylation sites (N-methyl/N-ethyl adjacent to an activating group) is 1. The number of amides is 1. The Morgan fingerprint density at radius 1 is 1.45 bits per heavy atom. The molecule has 0 bridgehead atoms. The lowest BCUT2D eigenvalue weighted by molar-refractivity contribution is -0.131. The lowest BCUT2D eigenvalue weighted by Crippen LogP contribution is -2.36. The molecule has 2 rings (SSSR count). The molecule has 1 aliphatic carbocycles. The van der Waals surface area contributed by atoms with Crippen LogP contribution in [0.4, 0.5) is 0 Å². The van der Waals surface area contributed by atoms with Crippen LogP contribution in [0.1, 0.15) is 43.5 Å². The van der Waals surface area contributed by atoms with E-state index in [1.165, 1.54) is 0 Å². The normalized spacial score (nSPS) is 17.4. The van der Waals surface area contributed by atoms with Gasteiger partial charge in [0, 0.05) is 19.3 Å². The van der Waals surface area contributed by atoms with Crippen molar-refractivity contribution in [3.63, 3.8) is 0 Å². The molecule has 112 valence electrons. The molecule has 1 heterocycles. The topological polar surface area (TPSA) is 58.4 Å². The maximum absolute atomic E-state index is 12.2. The second-order valence-electron chi connectivity index (χ2n) is 6.04. The van der Waals surface area contributed by atoms with Crippen molar-refractivity contribution in [1.82, 2.24) is 14.5 Å². The van der Waals surface area contributed by atoms with Crippen LogP contribution in [-0.4, -0.2) is 44.7 Å². The monoisotopic (exact) mass is 279 g/mol. The molecule has 1 saturated carbocycles. The Kier molecular flexibility index (Phi) is 4.48. The lowest BCUT2D eigenvalue weighted by Gasteiger charge is -2.26. The molecular weight excluding hydrogens is 254 g/mol. The highest BCUT2D eigenvalue weighted by Gasteiger charge is 2.31. The molecular formula is C15H25N3O2. The number of nitrogens with zero attached hydrogens (tertiary/aromatic N) is 3. The molecule has 20 heavy (non-hydrogen) atoms. The molecule has 0 aliphatic heterocycles. The number of imidazole rings is 1. The van der Waals surface area contributed by atoms with Gasteiger partial charge in [-0.3, -0.25) is 4.79 Å². The number of rotatable bonds is 5. The largest absolute Gasteiger partial charge is 0.390 e. The summed E-state index contributed by atoms with van der Waals surface area (Å²) < 4.78 is 1.87. The second-order valence-corrected chi connectivity index (χ2v) is 6.04. The fourth-order valence-corrected chi connectivity index (χ4v) is 2.75. The van der Waals surface area contributed by atoms with Crippen molar-refractivity contribution in [2.45, 2.75) is 58.1 Å². The van der Waals surface area contributed by atoms with Gasteiger partial charge in [-0.15, -0.1) is 0 Å². The Labute approximate surface area is 120 Å². The molecule has 0 saturated heterocycles. The average molecular weight is 279 g/mol. The Balaban J connectivity index is 1.84. The number of aryl methyl sites for hydroxylation is 1. The first-order valence-electron chi connectivity index (χ1n) is 7.36. The van der Waals surface area contributed by atoms with Gasteiger partial charge in [-0.1, -0.05) is 12.8 Å². The Morgan fingerprint density at radius 2 is 2.10 bits per heavy atom. The predicted octanol–water partition coefficient (Wildman–Crippen LogP) is 1.65. The molecule has 0 unspecified atom stereocenters. The molecule has 5 heteroatoms. The Bertz CT molecular complexity index is 475. The van der Waals surface area contributed by atoms with Crippen molar-refractivity contribution in [2.75, 3.05) is 13.6 Å². The van der Waals surface area contributed by atoms with Gasteiger partial charge in [0.1, 0.15) is 6.54 Å². The van der Waals surface area contributed by atoms with E-state index in [0.717, 1.165) is 37.1 Å². The van der Waals surface area contributed by atoms with Gasteiger partial charge in [-0.25, -0.2) is 4.98 Å². The second kappa shape index (κ2) is 5.95. The van der Waals surface area contributed by atoms with Gasteiger partial charge >= 0.3 is 0 Å². The summed E-state index contributed by atoms with van der Waals surface area (Å²) in [5.41, 5.74) is 1.44. The number of aliphatic hydroxyl groups is 1. The van der Waals surface area contributed by atoms with Crippen molar-refractivity contribution >= 4 is 5.91 Å². The summed E-state index contributed by atoms with van der Waals surface area (Å²) in [6.45, 7) is 4.84. The van der Waals surface area contributed by atoms with Crippen LogP contribution in [0.25, 0.3) is 0 Å². The fraction of sp³-hybridized carbons (Fsp3) is 0.733. The molecule has 1 fully saturated rings. The minimum atomic E-state index is -0.546. The smallest absolute Gasteiger partial charge is 0.242 e. The number of hydrogen-bond donors (Lipinski definition) is 1. The van der Waals surface area contributed by atoms with Crippen LogP contribution in [0.3, 0.4) is 0 Å². The van der Waals surface area contributed by atoms with Gasteiger partial charge in [0.2, 0.25) is 5.91 Å². The molecule has 1 aromatic rings. The third-order valence-electron chi connectivity index (χ3n) is 4.52. The highest BCUT2D eigenvalue weighted by Crippen LogP contribution is 2.32. The zero-order valence-electron chi connectivity index (χ0n) is 12.7. The van der Waals surface area contributed by atoms with Crippen LogP contribution in [0, 0.1) is 13.8 Å². The first-order valence-corrected chi connectivity index (χ1v) is 7.36. The SMILES string of the molecule is Cc1ncn(CC(=O)N(C)CCC2(O)CCCC2)c1C. The zero-order valence-corrected chi connectivity index (χ0v) is 12.7. The lowest BCUT2D eigenvalue weighted by atomic mass is 9.98. The summed E-state index contributed by atoms with van der Waals surface area (Å²) in [7, 11) is 1.81. The van der Waals surface area contributed by atoms with Gasteiger partial charge in [0.05, 0.1) is 17.6 Å². The third-order valence-corrected chi connectivity index (χ3v) is 4.52. The number of carbonyl (C=O) groups excluding carboxylic acids is 1. The molecule has 1 aliphatic rings. The summed E-state index contributed by atoms with van der Waals surface area (Å²) in [6, 6.07) is 0. The molecule has 5 nitrogen and oxygen atoms in total. The minimum Gasteiger partial charge on any atom is -0.390 e. The third kappa shape index (κ3) is 3.39. The predicted molar refractivity (Wildman–Crippen MR) is 77.4 cm³/mol. The van der Waals surface area contributed by atoms with E-state index in [4.69, 9.17) is 0 Å². The highest BCUT2D eigenvalue weighted by molar-refractivity contribution is 5.75. The molecule has 1 N–H and O–H groups in total. The first-order chi connectivity index (χ1) is 9.41. The average Bonchev–Trinajstić information content (AvgIpc) is 2.98. The van der Waals surface area contributed by atoms with Crippen LogP contribution < -0.4 is 0 Å². The van der Waals surface area contributed by atoms with E-state index in [2.05, 4.69) is 4.98 Å². The zero-order chi connectivity index (χ0) is 14.8. The number of carbonyl (C=O) groups is 1. The van der Waals surface area contributed by atoms with Gasteiger partial charge in [-0.05, 0) is 33.1 Å². The quantitative estimate of drug-likeness (QED) is 0.891. The maximum atomic E-state index is 12.2. The molecule has 0 spiro atoms. The van der Waals surface area contributed by atoms with E-state index in [1.807, 2.05) is 18.4 Å². The standard InChI is InChI=1S/C15H25N3O2/c1-12-13(2)18(11-16-12)10-14(19)17(3)9-8-15(20)6-4-5-7-15/h11,20H,4-10H2,1-3H3. The molecule has 1 amide bonds. The van der Waals surface area contributed by atoms with Gasteiger partial charge in [0.15, 0.2) is 0 Å². The summed E-state index contributed by atoms with van der Waals surface area (Å²) in [4.78, 5) is 18.1. The van der Waals surface area contributed by atoms with Crippen molar-refractivity contribution in [3.05, 3.63) is 17.7 Å². The number of aromatic nitrogens is 2. The Hall–Kier alpha value is -1.36. The van der Waals surface area contributed by atoms with Crippen LogP contribution in [0.5, 0.6) is 0 Å².